The third-order valence-corrected chi connectivity index (χ3v) is 5.20. The lowest BCUT2D eigenvalue weighted by Gasteiger charge is -2.23. The number of nitro groups is 1. The predicted octanol–water partition coefficient (Wildman–Crippen LogP) is 4.88. The third-order valence-electron chi connectivity index (χ3n) is 5.20. The van der Waals surface area contributed by atoms with Gasteiger partial charge in [0, 0.05) is 18.0 Å². The van der Waals surface area contributed by atoms with Crippen LogP contribution in [-0.2, 0) is 6.18 Å². The van der Waals surface area contributed by atoms with Crippen LogP contribution in [0, 0.1) is 10.1 Å². The fourth-order valence-electron chi connectivity index (χ4n) is 3.73. The molecule has 0 aromatic heterocycles. The van der Waals surface area contributed by atoms with Crippen LogP contribution in [0.1, 0.15) is 29.0 Å². The second kappa shape index (κ2) is 9.25. The Hall–Kier alpha value is -3.35. The molecule has 0 aliphatic carbocycles. The molecule has 2 aromatic carbocycles. The third kappa shape index (κ3) is 5.72. The quantitative estimate of drug-likeness (QED) is 0.203. The van der Waals surface area contributed by atoms with Gasteiger partial charge in [-0.25, -0.2) is 0 Å². The molecular formula is C20H17F6N3O4. The lowest BCUT2D eigenvalue weighted by atomic mass is 9.89. The number of nitro benzene ring substituents is 1. The van der Waals surface area contributed by atoms with E-state index in [4.69, 9.17) is 9.94 Å². The largest absolute Gasteiger partial charge is 0.492 e. The Morgan fingerprint density at radius 3 is 2.36 bits per heavy atom. The first kappa shape index (κ1) is 24.3. The molecule has 3 unspecified atom stereocenters. The van der Waals surface area contributed by atoms with E-state index in [1.807, 2.05) is 0 Å². The molecule has 13 heteroatoms. The molecule has 0 spiro atoms. The number of nitrogens with one attached hydrogen (secondary N) is 1. The Balaban J connectivity index is 1.82. The van der Waals surface area contributed by atoms with Gasteiger partial charge in [-0.2, -0.15) is 26.3 Å². The van der Waals surface area contributed by atoms with E-state index in [1.165, 1.54) is 18.3 Å². The molecule has 0 amide bonds. The smallest absolute Gasteiger partial charge is 0.423 e. The number of halogens is 6. The van der Waals surface area contributed by atoms with E-state index in [9.17, 15) is 36.5 Å². The number of alkyl halides is 6. The van der Waals surface area contributed by atoms with Gasteiger partial charge >= 0.3 is 12.4 Å². The molecule has 1 aliphatic rings. The maximum absolute atomic E-state index is 13.6. The molecule has 1 heterocycles. The minimum atomic E-state index is -5.10. The van der Waals surface area contributed by atoms with Crippen LogP contribution in [0.3, 0.4) is 0 Å². The van der Waals surface area contributed by atoms with Crippen LogP contribution in [0.15, 0.2) is 47.6 Å². The fourth-order valence-corrected chi connectivity index (χ4v) is 3.73. The highest BCUT2D eigenvalue weighted by Crippen LogP contribution is 2.43. The lowest BCUT2D eigenvalue weighted by Crippen LogP contribution is -2.44. The molecule has 33 heavy (non-hydrogen) atoms. The van der Waals surface area contributed by atoms with E-state index in [0.717, 1.165) is 6.07 Å². The van der Waals surface area contributed by atoms with Gasteiger partial charge in [0.15, 0.2) is 0 Å². The van der Waals surface area contributed by atoms with Gasteiger partial charge in [-0.05, 0) is 47.9 Å². The first-order valence-corrected chi connectivity index (χ1v) is 9.48. The molecule has 0 saturated carbocycles. The molecule has 3 atom stereocenters. The van der Waals surface area contributed by atoms with Gasteiger partial charge in [0.25, 0.3) is 5.69 Å². The number of oxime groups is 1. The highest BCUT2D eigenvalue weighted by molar-refractivity contribution is 5.79. The molecular weight excluding hydrogens is 460 g/mol. The van der Waals surface area contributed by atoms with Crippen molar-refractivity contribution in [2.24, 2.45) is 5.16 Å². The number of nitrogens with zero attached hydrogens (tertiary/aromatic N) is 2. The molecule has 1 fully saturated rings. The Bertz CT molecular complexity index is 1020. The van der Waals surface area contributed by atoms with E-state index in [1.54, 1.807) is 12.1 Å². The number of hydrogen-bond donors (Lipinski definition) is 2. The van der Waals surface area contributed by atoms with E-state index in [-0.39, 0.29) is 18.6 Å². The predicted molar refractivity (Wildman–Crippen MR) is 104 cm³/mol. The molecule has 7 nitrogen and oxygen atoms in total. The zero-order valence-electron chi connectivity index (χ0n) is 16.6. The van der Waals surface area contributed by atoms with Crippen LogP contribution < -0.4 is 10.1 Å². The average molecular weight is 477 g/mol. The Labute approximate surface area is 182 Å². The van der Waals surface area contributed by atoms with Crippen molar-refractivity contribution in [3.8, 4) is 5.75 Å². The van der Waals surface area contributed by atoms with Crippen molar-refractivity contribution < 1.29 is 41.2 Å². The van der Waals surface area contributed by atoms with Gasteiger partial charge in [-0.1, -0.05) is 11.2 Å². The zero-order chi connectivity index (χ0) is 24.4. The first-order valence-electron chi connectivity index (χ1n) is 9.48. The maximum Gasteiger partial charge on any atom is 0.423 e. The van der Waals surface area contributed by atoms with Crippen LogP contribution in [0.2, 0.25) is 0 Å². The Kier molecular flexibility index (Phi) is 6.81. The van der Waals surface area contributed by atoms with Gasteiger partial charge in [0.1, 0.15) is 24.0 Å². The van der Waals surface area contributed by atoms with Crippen molar-refractivity contribution in [3.05, 3.63) is 69.3 Å². The summed E-state index contributed by atoms with van der Waals surface area (Å²) >= 11 is 0. The minimum absolute atomic E-state index is 0.199. The number of hydrogen-bond acceptors (Lipinski definition) is 6. The maximum atomic E-state index is 13.6. The fraction of sp³-hybridized carbons (Fsp3) is 0.350. The van der Waals surface area contributed by atoms with Crippen molar-refractivity contribution in [3.63, 3.8) is 0 Å². The summed E-state index contributed by atoms with van der Waals surface area (Å²) in [6.07, 6.45) is -8.91. The van der Waals surface area contributed by atoms with E-state index < -0.39 is 46.5 Å². The minimum Gasteiger partial charge on any atom is -0.492 e. The second-order valence-corrected chi connectivity index (χ2v) is 7.38. The summed E-state index contributed by atoms with van der Waals surface area (Å²) in [7, 11) is 0. The van der Waals surface area contributed by atoms with E-state index >= 15 is 0 Å². The van der Waals surface area contributed by atoms with Crippen LogP contribution in [0.25, 0.3) is 0 Å². The van der Waals surface area contributed by atoms with Crippen molar-refractivity contribution in [2.75, 3.05) is 6.61 Å². The standard InChI is InChI=1S/C20H17F6N3O4/c21-19(22,23)16-7-12(3-6-17(16)29(31)32)15-8-13(28-18(15)20(24,25)26)10-33-14-4-1-11(2-5-14)9-27-30/h1-7,9,13,15,18,28,30H,8,10H2/b27-9+. The van der Waals surface area contributed by atoms with Gasteiger partial charge < -0.3 is 9.94 Å². The average Bonchev–Trinajstić information content (AvgIpc) is 3.17. The molecule has 0 radical (unpaired) electrons. The summed E-state index contributed by atoms with van der Waals surface area (Å²) in [6.45, 7) is -0.199. The normalized spacial score (nSPS) is 21.5. The molecule has 2 aromatic rings. The van der Waals surface area contributed by atoms with Crippen LogP contribution in [-0.4, -0.2) is 41.2 Å². The van der Waals surface area contributed by atoms with Crippen molar-refractivity contribution in [2.45, 2.75) is 36.8 Å². The van der Waals surface area contributed by atoms with Crippen molar-refractivity contribution >= 4 is 11.9 Å². The molecule has 1 saturated heterocycles. The SMILES string of the molecule is O=[N+]([O-])c1ccc(C2CC(COc3ccc(/C=N/O)cc3)NC2C(F)(F)F)cc1C(F)(F)F. The van der Waals surface area contributed by atoms with Gasteiger partial charge in [0.2, 0.25) is 0 Å². The highest BCUT2D eigenvalue weighted by Gasteiger charge is 2.51. The zero-order valence-corrected chi connectivity index (χ0v) is 16.6. The summed E-state index contributed by atoms with van der Waals surface area (Å²) in [5, 5.41) is 24.6. The summed E-state index contributed by atoms with van der Waals surface area (Å²) in [5.41, 5.74) is -2.58. The van der Waals surface area contributed by atoms with Crippen molar-refractivity contribution in [1.82, 2.24) is 5.32 Å². The monoisotopic (exact) mass is 477 g/mol. The van der Waals surface area contributed by atoms with E-state index in [0.29, 0.717) is 23.4 Å². The van der Waals surface area contributed by atoms with Gasteiger partial charge in [-0.15, -0.1) is 0 Å². The summed E-state index contributed by atoms with van der Waals surface area (Å²) in [6, 6.07) is 5.03. The Morgan fingerprint density at radius 1 is 1.15 bits per heavy atom. The molecule has 0 bridgehead atoms. The summed E-state index contributed by atoms with van der Waals surface area (Å²) < 4.78 is 86.2. The summed E-state index contributed by atoms with van der Waals surface area (Å²) in [5.74, 6) is -1.07. The number of rotatable bonds is 6. The first-order chi connectivity index (χ1) is 15.4. The van der Waals surface area contributed by atoms with Crippen LogP contribution in [0.5, 0.6) is 5.75 Å². The molecule has 1 aliphatic heterocycles. The number of ether oxygens (including phenoxy) is 1. The molecule has 3 rings (SSSR count). The molecule has 2 N–H and O–H groups in total. The van der Waals surface area contributed by atoms with E-state index in [2.05, 4.69) is 10.5 Å². The van der Waals surface area contributed by atoms with Gasteiger partial charge in [-0.3, -0.25) is 15.4 Å². The Morgan fingerprint density at radius 2 is 1.82 bits per heavy atom. The van der Waals surface area contributed by atoms with Gasteiger partial charge in [0.05, 0.1) is 11.1 Å². The van der Waals surface area contributed by atoms with Crippen LogP contribution in [0.4, 0.5) is 32.0 Å². The highest BCUT2D eigenvalue weighted by atomic mass is 19.4. The van der Waals surface area contributed by atoms with Crippen molar-refractivity contribution in [1.29, 1.82) is 0 Å². The summed E-state index contributed by atoms with van der Waals surface area (Å²) in [4.78, 5) is 9.70. The molecule has 178 valence electrons. The lowest BCUT2D eigenvalue weighted by molar-refractivity contribution is -0.388. The number of benzene rings is 2. The topological polar surface area (TPSA) is 97.0 Å². The van der Waals surface area contributed by atoms with Crippen LogP contribution >= 0.6 is 0 Å². The second-order valence-electron chi connectivity index (χ2n) is 7.38.